The topological polar surface area (TPSA) is 64.7 Å². The fourth-order valence-corrected chi connectivity index (χ4v) is 4.74. The summed E-state index contributed by atoms with van der Waals surface area (Å²) in [5, 5.41) is 5.18. The first kappa shape index (κ1) is 22.0. The van der Waals surface area contributed by atoms with Gasteiger partial charge in [-0.25, -0.2) is 4.39 Å². The van der Waals surface area contributed by atoms with E-state index in [9.17, 15) is 27.2 Å². The summed E-state index contributed by atoms with van der Waals surface area (Å²) in [4.78, 5) is 28.5. The van der Waals surface area contributed by atoms with Gasteiger partial charge in [0, 0.05) is 44.0 Å². The van der Waals surface area contributed by atoms with Crippen molar-refractivity contribution in [3.05, 3.63) is 29.6 Å². The fourth-order valence-electron chi connectivity index (χ4n) is 4.74. The molecule has 3 fully saturated rings. The van der Waals surface area contributed by atoms with Gasteiger partial charge in [-0.3, -0.25) is 19.4 Å². The molecule has 2 saturated heterocycles. The first-order chi connectivity index (χ1) is 14.6. The maximum Gasteiger partial charge on any atom is 0.403 e. The van der Waals surface area contributed by atoms with Gasteiger partial charge >= 0.3 is 6.18 Å². The largest absolute Gasteiger partial charge is 0.403 e. The standard InChI is InChI=1S/C21H26F4N4O2/c1-13-6-14(22)8-15(7-13)27-18(30)12-29-11-16-9-17(29)10-28(16)5-4-26-19(31)20(2-3-20)21(23,24)25/h6-8,16-17H,2-5,9-12H2,1H3,(H,26,31)(H,27,30). The molecular weight excluding hydrogens is 416 g/mol. The molecule has 10 heteroatoms. The van der Waals surface area contributed by atoms with E-state index in [-0.39, 0.29) is 43.9 Å². The molecule has 1 saturated carbocycles. The van der Waals surface area contributed by atoms with Crippen LogP contribution in [0, 0.1) is 18.2 Å². The lowest BCUT2D eigenvalue weighted by Gasteiger charge is -2.33. The van der Waals surface area contributed by atoms with Crippen LogP contribution in [-0.2, 0) is 9.59 Å². The van der Waals surface area contributed by atoms with Crippen LogP contribution in [0.25, 0.3) is 0 Å². The Morgan fingerprint density at radius 1 is 1.13 bits per heavy atom. The second-order valence-electron chi connectivity index (χ2n) is 8.87. The molecule has 2 unspecified atom stereocenters. The third kappa shape index (κ3) is 4.55. The molecular formula is C21H26F4N4O2. The molecule has 6 nitrogen and oxygen atoms in total. The Kier molecular flexibility index (Phi) is 5.72. The lowest BCUT2D eigenvalue weighted by molar-refractivity contribution is -0.192. The predicted octanol–water partition coefficient (Wildman–Crippen LogP) is 2.29. The van der Waals surface area contributed by atoms with E-state index in [0.717, 1.165) is 12.0 Å². The summed E-state index contributed by atoms with van der Waals surface area (Å²) >= 11 is 0. The first-order valence-corrected chi connectivity index (χ1v) is 10.5. The third-order valence-electron chi connectivity index (χ3n) is 6.55. The number of carbonyl (C=O) groups excluding carboxylic acids is 2. The van der Waals surface area contributed by atoms with E-state index < -0.39 is 23.3 Å². The number of hydrogen-bond donors (Lipinski definition) is 2. The molecule has 3 aliphatic rings. The summed E-state index contributed by atoms with van der Waals surface area (Å²) in [7, 11) is 0. The number of amides is 2. The molecule has 31 heavy (non-hydrogen) atoms. The summed E-state index contributed by atoms with van der Waals surface area (Å²) in [6, 6.07) is 4.77. The van der Waals surface area contributed by atoms with E-state index in [0.29, 0.717) is 25.3 Å². The number of hydrogen-bond acceptors (Lipinski definition) is 4. The summed E-state index contributed by atoms with van der Waals surface area (Å²) in [6.07, 6.45) is -3.88. The minimum atomic E-state index is -4.49. The minimum Gasteiger partial charge on any atom is -0.354 e. The van der Waals surface area contributed by atoms with Crippen LogP contribution in [0.2, 0.25) is 0 Å². The Hall–Kier alpha value is -2.20. The van der Waals surface area contributed by atoms with Crippen molar-refractivity contribution in [1.82, 2.24) is 15.1 Å². The zero-order valence-electron chi connectivity index (χ0n) is 17.3. The number of alkyl halides is 3. The molecule has 2 amide bonds. The van der Waals surface area contributed by atoms with Crippen molar-refractivity contribution < 1.29 is 27.2 Å². The number of nitrogens with zero attached hydrogens (tertiary/aromatic N) is 2. The molecule has 2 N–H and O–H groups in total. The van der Waals surface area contributed by atoms with E-state index in [4.69, 9.17) is 0 Å². The Labute approximate surface area is 177 Å². The number of nitrogens with one attached hydrogen (secondary N) is 2. The fraction of sp³-hybridized carbons (Fsp3) is 0.619. The maximum absolute atomic E-state index is 13.5. The normalized spacial score (nSPS) is 24.9. The molecule has 2 bridgehead atoms. The summed E-state index contributed by atoms with van der Waals surface area (Å²) in [6.45, 7) is 4.01. The lowest BCUT2D eigenvalue weighted by Crippen LogP contribution is -2.51. The Morgan fingerprint density at radius 3 is 2.39 bits per heavy atom. The summed E-state index contributed by atoms with van der Waals surface area (Å²) in [5.74, 6) is -1.53. The average molecular weight is 442 g/mol. The van der Waals surface area contributed by atoms with E-state index in [2.05, 4.69) is 20.4 Å². The van der Waals surface area contributed by atoms with Crippen LogP contribution in [0.4, 0.5) is 23.2 Å². The van der Waals surface area contributed by atoms with Crippen LogP contribution in [-0.4, -0.2) is 72.6 Å². The van der Waals surface area contributed by atoms with E-state index in [1.807, 2.05) is 0 Å². The van der Waals surface area contributed by atoms with Gasteiger partial charge in [0.15, 0.2) is 0 Å². The number of aryl methyl sites for hydroxylation is 1. The van der Waals surface area contributed by atoms with E-state index >= 15 is 0 Å². The van der Waals surface area contributed by atoms with Gasteiger partial charge in [-0.05, 0) is 49.9 Å². The van der Waals surface area contributed by atoms with Crippen molar-refractivity contribution in [3.8, 4) is 0 Å². The molecule has 4 rings (SSSR count). The van der Waals surface area contributed by atoms with Gasteiger partial charge in [0.05, 0.1) is 6.54 Å². The molecule has 2 heterocycles. The van der Waals surface area contributed by atoms with Crippen molar-refractivity contribution in [1.29, 1.82) is 0 Å². The molecule has 2 atom stereocenters. The van der Waals surface area contributed by atoms with Gasteiger partial charge in [0.1, 0.15) is 11.2 Å². The number of halogens is 4. The number of rotatable bonds is 7. The SMILES string of the molecule is Cc1cc(F)cc(NC(=O)CN2CC3CC2CN3CCNC(=O)C2(C(F)(F)F)CC2)c1. The average Bonchev–Trinajstić information content (AvgIpc) is 3.28. The number of carbonyl (C=O) groups is 2. The molecule has 170 valence electrons. The van der Waals surface area contributed by atoms with E-state index in [1.54, 1.807) is 13.0 Å². The molecule has 1 aliphatic carbocycles. The van der Waals surface area contributed by atoms with Crippen molar-refractivity contribution in [2.24, 2.45) is 5.41 Å². The van der Waals surface area contributed by atoms with Crippen LogP contribution in [0.5, 0.6) is 0 Å². The number of benzene rings is 1. The van der Waals surface area contributed by atoms with Crippen molar-refractivity contribution in [2.45, 2.75) is 44.4 Å². The number of piperazine rings is 1. The maximum atomic E-state index is 13.5. The Bertz CT molecular complexity index is 851. The van der Waals surface area contributed by atoms with Crippen molar-refractivity contribution >= 4 is 17.5 Å². The number of likely N-dealkylation sites (tertiary alicyclic amines) is 2. The number of anilines is 1. The lowest BCUT2D eigenvalue weighted by atomic mass is 10.1. The molecule has 0 spiro atoms. The van der Waals surface area contributed by atoms with Crippen LogP contribution in [0.15, 0.2) is 18.2 Å². The molecule has 2 aliphatic heterocycles. The van der Waals surface area contributed by atoms with Crippen molar-refractivity contribution in [2.75, 3.05) is 38.0 Å². The zero-order chi connectivity index (χ0) is 22.4. The van der Waals surface area contributed by atoms with Gasteiger partial charge < -0.3 is 10.6 Å². The highest BCUT2D eigenvalue weighted by molar-refractivity contribution is 5.92. The van der Waals surface area contributed by atoms with E-state index in [1.165, 1.54) is 12.1 Å². The van der Waals surface area contributed by atoms with Crippen LogP contribution >= 0.6 is 0 Å². The third-order valence-corrected chi connectivity index (χ3v) is 6.55. The summed E-state index contributed by atoms with van der Waals surface area (Å²) in [5.41, 5.74) is -1.03. The van der Waals surface area contributed by atoms with Crippen molar-refractivity contribution in [3.63, 3.8) is 0 Å². The van der Waals surface area contributed by atoms with Gasteiger partial charge in [0.25, 0.3) is 0 Å². The van der Waals surface area contributed by atoms with Gasteiger partial charge in [0.2, 0.25) is 11.8 Å². The number of fused-ring (bicyclic) bond motifs is 2. The monoisotopic (exact) mass is 442 g/mol. The van der Waals surface area contributed by atoms with Gasteiger partial charge in [-0.15, -0.1) is 0 Å². The highest BCUT2D eigenvalue weighted by Crippen LogP contribution is 2.57. The predicted molar refractivity (Wildman–Crippen MR) is 106 cm³/mol. The molecule has 1 aromatic carbocycles. The highest BCUT2D eigenvalue weighted by Gasteiger charge is 2.68. The van der Waals surface area contributed by atoms with Gasteiger partial charge in [-0.1, -0.05) is 0 Å². The smallest absolute Gasteiger partial charge is 0.354 e. The van der Waals surface area contributed by atoms with Crippen LogP contribution < -0.4 is 10.6 Å². The molecule has 0 aromatic heterocycles. The van der Waals surface area contributed by atoms with Crippen LogP contribution in [0.3, 0.4) is 0 Å². The van der Waals surface area contributed by atoms with Gasteiger partial charge in [-0.2, -0.15) is 13.2 Å². The second kappa shape index (κ2) is 8.05. The molecule has 0 radical (unpaired) electrons. The first-order valence-electron chi connectivity index (χ1n) is 10.5. The minimum absolute atomic E-state index is 0.136. The quantitative estimate of drug-likeness (QED) is 0.636. The Balaban J connectivity index is 1.20. The highest BCUT2D eigenvalue weighted by atomic mass is 19.4. The zero-order valence-corrected chi connectivity index (χ0v) is 17.3. The Morgan fingerprint density at radius 2 is 1.81 bits per heavy atom. The molecule has 1 aromatic rings. The summed E-state index contributed by atoms with van der Waals surface area (Å²) < 4.78 is 52.5. The second-order valence-corrected chi connectivity index (χ2v) is 8.87. The van der Waals surface area contributed by atoms with Crippen LogP contribution in [0.1, 0.15) is 24.8 Å².